The van der Waals surface area contributed by atoms with Crippen LogP contribution in [-0.2, 0) is 0 Å². The van der Waals surface area contributed by atoms with Gasteiger partial charge in [0, 0.05) is 13.1 Å². The Hall–Kier alpha value is -1.40. The molecule has 0 spiro atoms. The number of likely N-dealkylation sites (N-methyl/N-ethyl adjacent to an activating group) is 1. The lowest BCUT2D eigenvalue weighted by Crippen LogP contribution is -2.44. The lowest BCUT2D eigenvalue weighted by molar-refractivity contribution is 0.106. The first-order valence-electron chi connectivity index (χ1n) is 6.44. The number of halogens is 1. The lowest BCUT2D eigenvalue weighted by Gasteiger charge is -2.36. The third-order valence-electron chi connectivity index (χ3n) is 3.75. The molecule has 2 unspecified atom stereocenters. The van der Waals surface area contributed by atoms with Gasteiger partial charge in [-0.25, -0.2) is 0 Å². The van der Waals surface area contributed by atoms with E-state index in [-0.39, 0.29) is 12.1 Å². The summed E-state index contributed by atoms with van der Waals surface area (Å²) >= 11 is 6.02. The molecule has 2 aromatic rings. The summed E-state index contributed by atoms with van der Waals surface area (Å²) in [7, 11) is 1.95. The van der Waals surface area contributed by atoms with Crippen LogP contribution in [0.2, 0.25) is 5.15 Å². The summed E-state index contributed by atoms with van der Waals surface area (Å²) < 4.78 is 1.65. The fourth-order valence-electron chi connectivity index (χ4n) is 2.73. The van der Waals surface area contributed by atoms with Gasteiger partial charge in [-0.2, -0.15) is 19.6 Å². The monoisotopic (exact) mass is 281 g/mol. The van der Waals surface area contributed by atoms with Gasteiger partial charge in [-0.15, -0.1) is 0 Å². The minimum absolute atomic E-state index is 0.0830. The van der Waals surface area contributed by atoms with Crippen molar-refractivity contribution < 1.29 is 5.11 Å². The zero-order valence-electron chi connectivity index (χ0n) is 10.7. The maximum atomic E-state index is 10.2. The summed E-state index contributed by atoms with van der Waals surface area (Å²) in [5.41, 5.74) is 0. The number of nitrogens with zero attached hydrogens (tertiary/aromatic N) is 5. The second-order valence-electron chi connectivity index (χ2n) is 4.94. The minimum Gasteiger partial charge on any atom is -0.391 e. The number of rotatable bonds is 2. The third-order valence-corrected chi connectivity index (χ3v) is 3.95. The molecule has 0 saturated heterocycles. The van der Waals surface area contributed by atoms with Crippen LogP contribution < -0.4 is 4.90 Å². The van der Waals surface area contributed by atoms with E-state index < -0.39 is 0 Å². The third kappa shape index (κ3) is 2.26. The molecule has 0 aliphatic heterocycles. The topological polar surface area (TPSA) is 66.6 Å². The molecule has 2 heterocycles. The molecule has 6 nitrogen and oxygen atoms in total. The van der Waals surface area contributed by atoms with E-state index in [1.807, 2.05) is 11.9 Å². The van der Waals surface area contributed by atoms with Gasteiger partial charge < -0.3 is 10.0 Å². The van der Waals surface area contributed by atoms with Crippen LogP contribution in [0.15, 0.2) is 12.4 Å². The first-order chi connectivity index (χ1) is 9.16. The molecular weight excluding hydrogens is 266 g/mol. The van der Waals surface area contributed by atoms with Crippen LogP contribution in [0.5, 0.6) is 0 Å². The molecule has 1 fully saturated rings. The average molecular weight is 282 g/mol. The molecule has 7 heteroatoms. The molecule has 3 rings (SSSR count). The van der Waals surface area contributed by atoms with Crippen LogP contribution in [0.1, 0.15) is 25.7 Å². The second kappa shape index (κ2) is 4.94. The maximum absolute atomic E-state index is 10.2. The van der Waals surface area contributed by atoms with Gasteiger partial charge in [-0.05, 0) is 12.8 Å². The zero-order valence-corrected chi connectivity index (χ0v) is 11.5. The summed E-state index contributed by atoms with van der Waals surface area (Å²) in [5, 5.41) is 14.7. The zero-order chi connectivity index (χ0) is 13.4. The molecule has 2 aromatic heterocycles. The molecule has 0 amide bonds. The Balaban J connectivity index is 2.00. The molecule has 19 heavy (non-hydrogen) atoms. The smallest absolute Gasteiger partial charge is 0.255 e. The van der Waals surface area contributed by atoms with E-state index in [4.69, 9.17) is 11.6 Å². The Morgan fingerprint density at radius 3 is 3.00 bits per heavy atom. The Labute approximate surface area is 116 Å². The Kier molecular flexibility index (Phi) is 3.28. The van der Waals surface area contributed by atoms with Crippen molar-refractivity contribution in [3.8, 4) is 0 Å². The molecule has 102 valence electrons. The highest BCUT2D eigenvalue weighted by Crippen LogP contribution is 2.27. The van der Waals surface area contributed by atoms with Crippen LogP contribution >= 0.6 is 11.6 Å². The average Bonchev–Trinajstić information content (AvgIpc) is 2.85. The number of fused-ring (bicyclic) bond motifs is 1. The highest BCUT2D eigenvalue weighted by Gasteiger charge is 2.28. The van der Waals surface area contributed by atoms with E-state index in [0.29, 0.717) is 10.9 Å². The van der Waals surface area contributed by atoms with Crippen LogP contribution in [-0.4, -0.2) is 43.9 Å². The number of anilines is 1. The van der Waals surface area contributed by atoms with Gasteiger partial charge >= 0.3 is 0 Å². The SMILES string of the molecule is CN(c1cc(Cl)nc2ncnn12)C1CCCCC1O. The van der Waals surface area contributed by atoms with Gasteiger partial charge in [0.25, 0.3) is 5.78 Å². The van der Waals surface area contributed by atoms with Crippen LogP contribution in [0.25, 0.3) is 5.78 Å². The van der Waals surface area contributed by atoms with Crippen LogP contribution in [0, 0.1) is 0 Å². The summed E-state index contributed by atoms with van der Waals surface area (Å²) in [4.78, 5) is 10.2. The summed E-state index contributed by atoms with van der Waals surface area (Å²) in [6.45, 7) is 0. The molecule has 1 aliphatic carbocycles. The van der Waals surface area contributed by atoms with E-state index in [2.05, 4.69) is 15.1 Å². The van der Waals surface area contributed by atoms with Crippen molar-refractivity contribution >= 4 is 23.2 Å². The van der Waals surface area contributed by atoms with Gasteiger partial charge in [0.2, 0.25) is 0 Å². The van der Waals surface area contributed by atoms with Gasteiger partial charge in [0.15, 0.2) is 0 Å². The van der Waals surface area contributed by atoms with Crippen molar-refractivity contribution in [2.75, 3.05) is 11.9 Å². The molecule has 1 saturated carbocycles. The van der Waals surface area contributed by atoms with Crippen LogP contribution in [0.4, 0.5) is 5.82 Å². The van der Waals surface area contributed by atoms with E-state index in [9.17, 15) is 5.11 Å². The Morgan fingerprint density at radius 1 is 1.42 bits per heavy atom. The number of aliphatic hydroxyl groups excluding tert-OH is 1. The standard InChI is InChI=1S/C12H16ClN5O/c1-17(8-4-2-3-5-9(8)19)11-6-10(13)16-12-14-7-15-18(11)12/h6-9,19H,2-5H2,1H3. The van der Waals surface area contributed by atoms with Gasteiger partial charge in [0.05, 0.1) is 12.1 Å². The first kappa shape index (κ1) is 12.6. The fraction of sp³-hybridized carbons (Fsp3) is 0.583. The largest absolute Gasteiger partial charge is 0.391 e. The molecule has 2 atom stereocenters. The summed E-state index contributed by atoms with van der Waals surface area (Å²) in [6, 6.07) is 1.84. The molecular formula is C12H16ClN5O. The van der Waals surface area contributed by atoms with Crippen molar-refractivity contribution in [2.24, 2.45) is 0 Å². The summed E-state index contributed by atoms with van der Waals surface area (Å²) in [6.07, 6.45) is 5.16. The number of hydrogen-bond donors (Lipinski definition) is 1. The molecule has 0 aromatic carbocycles. The lowest BCUT2D eigenvalue weighted by atomic mass is 9.91. The van der Waals surface area contributed by atoms with Crippen molar-refractivity contribution in [2.45, 2.75) is 37.8 Å². The van der Waals surface area contributed by atoms with Crippen molar-refractivity contribution in [1.82, 2.24) is 19.6 Å². The number of aliphatic hydroxyl groups is 1. The van der Waals surface area contributed by atoms with E-state index >= 15 is 0 Å². The highest BCUT2D eigenvalue weighted by atomic mass is 35.5. The summed E-state index contributed by atoms with van der Waals surface area (Å²) in [5.74, 6) is 1.28. The maximum Gasteiger partial charge on any atom is 0.255 e. The Morgan fingerprint density at radius 2 is 2.21 bits per heavy atom. The molecule has 1 N–H and O–H groups in total. The molecule has 1 aliphatic rings. The van der Waals surface area contributed by atoms with Gasteiger partial charge in [-0.1, -0.05) is 24.4 Å². The van der Waals surface area contributed by atoms with E-state index in [1.54, 1.807) is 10.6 Å². The van der Waals surface area contributed by atoms with Crippen molar-refractivity contribution in [3.63, 3.8) is 0 Å². The van der Waals surface area contributed by atoms with Crippen molar-refractivity contribution in [3.05, 3.63) is 17.5 Å². The number of aromatic nitrogens is 4. The Bertz CT molecular complexity index is 587. The predicted molar refractivity (Wildman–Crippen MR) is 72.5 cm³/mol. The van der Waals surface area contributed by atoms with Gasteiger partial charge in [-0.3, -0.25) is 0 Å². The second-order valence-corrected chi connectivity index (χ2v) is 5.33. The molecule has 0 bridgehead atoms. The van der Waals surface area contributed by atoms with Crippen molar-refractivity contribution in [1.29, 1.82) is 0 Å². The quantitative estimate of drug-likeness (QED) is 0.846. The minimum atomic E-state index is -0.315. The normalized spacial score (nSPS) is 23.7. The van der Waals surface area contributed by atoms with Gasteiger partial charge in [0.1, 0.15) is 17.3 Å². The van der Waals surface area contributed by atoms with Crippen LogP contribution in [0.3, 0.4) is 0 Å². The predicted octanol–water partition coefficient (Wildman–Crippen LogP) is 1.52. The number of hydrogen-bond acceptors (Lipinski definition) is 5. The highest BCUT2D eigenvalue weighted by molar-refractivity contribution is 6.29. The molecule has 0 radical (unpaired) electrons. The first-order valence-corrected chi connectivity index (χ1v) is 6.82. The van der Waals surface area contributed by atoms with E-state index in [0.717, 1.165) is 31.5 Å². The van der Waals surface area contributed by atoms with E-state index in [1.165, 1.54) is 6.33 Å². The fourth-order valence-corrected chi connectivity index (χ4v) is 2.91.